The van der Waals surface area contributed by atoms with Gasteiger partial charge in [-0.05, 0) is 24.1 Å². The van der Waals surface area contributed by atoms with Gasteiger partial charge in [-0.15, -0.1) is 13.2 Å². The van der Waals surface area contributed by atoms with Gasteiger partial charge < -0.3 is 5.11 Å². The zero-order chi connectivity index (χ0) is 13.1. The van der Waals surface area contributed by atoms with Crippen LogP contribution in [-0.4, -0.2) is 17.4 Å². The van der Waals surface area contributed by atoms with Gasteiger partial charge in [0.15, 0.2) is 0 Å². The van der Waals surface area contributed by atoms with Crippen LogP contribution in [0.25, 0.3) is 0 Å². The van der Waals surface area contributed by atoms with Crippen LogP contribution >= 0.6 is 0 Å². The van der Waals surface area contributed by atoms with E-state index in [1.54, 1.807) is 6.92 Å². The average Bonchev–Trinajstić information content (AvgIpc) is 2.25. The fraction of sp³-hybridized carbons (Fsp3) is 0.364. The molecule has 94 valence electrons. The van der Waals surface area contributed by atoms with Gasteiger partial charge in [0.05, 0.1) is 11.7 Å². The fourth-order valence-corrected chi connectivity index (χ4v) is 1.39. The van der Waals surface area contributed by atoms with E-state index >= 15 is 0 Å². The number of halogens is 3. The second kappa shape index (κ2) is 5.18. The van der Waals surface area contributed by atoms with Gasteiger partial charge in [0.1, 0.15) is 0 Å². The number of alkyl halides is 3. The molecular weight excluding hydrogens is 237 g/mol. The van der Waals surface area contributed by atoms with E-state index in [1.165, 1.54) is 24.3 Å². The van der Waals surface area contributed by atoms with E-state index < -0.39 is 18.4 Å². The van der Waals surface area contributed by atoms with E-state index in [0.717, 1.165) is 0 Å². The Hall–Kier alpha value is -1.56. The Kier molecular flexibility index (Phi) is 4.11. The van der Waals surface area contributed by atoms with Crippen molar-refractivity contribution < 1.29 is 27.8 Å². The number of hydrogen-bond acceptors (Lipinski definition) is 2. The number of benzene rings is 1. The zero-order valence-corrected chi connectivity index (χ0v) is 8.99. The molecule has 1 aromatic rings. The Labute approximate surface area is 95.8 Å². The van der Waals surface area contributed by atoms with Crippen molar-refractivity contribution in [3.05, 3.63) is 35.4 Å². The minimum atomic E-state index is -4.70. The quantitative estimate of drug-likeness (QED) is 0.888. The number of hydrogen-bond donors (Lipinski definition) is 1. The van der Waals surface area contributed by atoms with Crippen LogP contribution in [0.1, 0.15) is 35.4 Å². The highest BCUT2D eigenvalue weighted by Crippen LogP contribution is 2.30. The first-order chi connectivity index (χ1) is 7.83. The highest BCUT2D eigenvalue weighted by atomic mass is 19.4. The molecule has 1 unspecified atom stereocenters. The molecule has 0 saturated heterocycles. The molecule has 3 nitrogen and oxygen atoms in total. The molecule has 0 aromatic heterocycles. The monoisotopic (exact) mass is 248 g/mol. The lowest BCUT2D eigenvalue weighted by molar-refractivity contribution is -0.345. The Morgan fingerprint density at radius 3 is 2.24 bits per heavy atom. The number of carbonyl (C=O) groups is 1. The summed E-state index contributed by atoms with van der Waals surface area (Å²) < 4.78 is 40.1. The van der Waals surface area contributed by atoms with Crippen molar-refractivity contribution in [3.8, 4) is 0 Å². The molecule has 1 N–H and O–H groups in total. The third kappa shape index (κ3) is 4.07. The Bertz CT molecular complexity index is 384. The molecule has 1 rings (SSSR count). The van der Waals surface area contributed by atoms with Crippen LogP contribution < -0.4 is 0 Å². The van der Waals surface area contributed by atoms with Crippen molar-refractivity contribution in [1.82, 2.24) is 0 Å². The molecule has 6 heteroatoms. The minimum absolute atomic E-state index is 0.0237. The van der Waals surface area contributed by atoms with Crippen LogP contribution in [0.2, 0.25) is 0 Å². The summed E-state index contributed by atoms with van der Waals surface area (Å²) in [5.74, 6) is -1.12. The number of aromatic carboxylic acids is 1. The molecule has 17 heavy (non-hydrogen) atoms. The van der Waals surface area contributed by atoms with Gasteiger partial charge in [-0.2, -0.15) is 0 Å². The Balaban J connectivity index is 2.86. The molecular formula is C11H11F3O3. The van der Waals surface area contributed by atoms with Crippen molar-refractivity contribution in [3.63, 3.8) is 0 Å². The van der Waals surface area contributed by atoms with Crippen molar-refractivity contribution in [2.24, 2.45) is 0 Å². The Morgan fingerprint density at radius 1 is 1.35 bits per heavy atom. The second-order valence-electron chi connectivity index (χ2n) is 3.39. The van der Waals surface area contributed by atoms with Crippen LogP contribution in [0.15, 0.2) is 24.3 Å². The van der Waals surface area contributed by atoms with Gasteiger partial charge in [-0.25, -0.2) is 4.79 Å². The van der Waals surface area contributed by atoms with E-state index in [0.29, 0.717) is 5.56 Å². The lowest BCUT2D eigenvalue weighted by atomic mass is 10.1. The zero-order valence-electron chi connectivity index (χ0n) is 8.99. The predicted molar refractivity (Wildman–Crippen MR) is 53.6 cm³/mol. The van der Waals surface area contributed by atoms with Crippen LogP contribution in [0.3, 0.4) is 0 Å². The van der Waals surface area contributed by atoms with Gasteiger partial charge in [-0.1, -0.05) is 19.1 Å². The van der Waals surface area contributed by atoms with Gasteiger partial charge in [0.2, 0.25) is 0 Å². The average molecular weight is 248 g/mol. The maximum absolute atomic E-state index is 12.1. The molecule has 0 fully saturated rings. The molecule has 0 radical (unpaired) electrons. The van der Waals surface area contributed by atoms with Crippen molar-refractivity contribution in [2.45, 2.75) is 25.8 Å². The molecule has 1 atom stereocenters. The van der Waals surface area contributed by atoms with Crippen molar-refractivity contribution >= 4 is 5.97 Å². The van der Waals surface area contributed by atoms with Crippen LogP contribution in [0.4, 0.5) is 13.2 Å². The number of carboxylic acid groups (broad SMARTS) is 1. The molecule has 1 aromatic carbocycles. The normalized spacial score (nSPS) is 13.4. The molecule has 0 saturated carbocycles. The SMILES string of the molecule is CCC(OC(F)(F)F)c1ccc(C(=O)O)cc1. The molecule has 0 bridgehead atoms. The van der Waals surface area contributed by atoms with E-state index in [2.05, 4.69) is 4.74 Å². The Morgan fingerprint density at radius 2 is 1.88 bits per heavy atom. The first kappa shape index (κ1) is 13.5. The van der Waals surface area contributed by atoms with E-state index in [1.807, 2.05) is 0 Å². The van der Waals surface area contributed by atoms with Crippen molar-refractivity contribution in [2.75, 3.05) is 0 Å². The molecule has 0 aliphatic carbocycles. The van der Waals surface area contributed by atoms with E-state index in [9.17, 15) is 18.0 Å². The van der Waals surface area contributed by atoms with Crippen molar-refractivity contribution in [1.29, 1.82) is 0 Å². The molecule has 0 heterocycles. The van der Waals surface area contributed by atoms with E-state index in [4.69, 9.17) is 5.11 Å². The maximum atomic E-state index is 12.1. The second-order valence-corrected chi connectivity index (χ2v) is 3.39. The highest BCUT2D eigenvalue weighted by Gasteiger charge is 2.33. The van der Waals surface area contributed by atoms with Gasteiger partial charge in [0.25, 0.3) is 0 Å². The standard InChI is InChI=1S/C11H11F3O3/c1-2-9(17-11(12,13)14)7-3-5-8(6-4-7)10(15)16/h3-6,9H,2H2,1H3,(H,15,16). The largest absolute Gasteiger partial charge is 0.523 e. The number of carboxylic acids is 1. The third-order valence-corrected chi connectivity index (χ3v) is 2.18. The molecule has 0 spiro atoms. The summed E-state index contributed by atoms with van der Waals surface area (Å²) in [6.07, 6.45) is -5.67. The summed E-state index contributed by atoms with van der Waals surface area (Å²) in [6.45, 7) is 1.56. The lowest BCUT2D eigenvalue weighted by Gasteiger charge is -2.18. The molecule has 0 aliphatic heterocycles. The first-order valence-electron chi connectivity index (χ1n) is 4.91. The fourth-order valence-electron chi connectivity index (χ4n) is 1.39. The predicted octanol–water partition coefficient (Wildman–Crippen LogP) is 3.37. The van der Waals surface area contributed by atoms with Gasteiger partial charge in [0, 0.05) is 0 Å². The highest BCUT2D eigenvalue weighted by molar-refractivity contribution is 5.87. The van der Waals surface area contributed by atoms with Crippen LogP contribution in [0.5, 0.6) is 0 Å². The number of ether oxygens (including phenoxy) is 1. The summed E-state index contributed by atoms with van der Waals surface area (Å²) in [7, 11) is 0. The minimum Gasteiger partial charge on any atom is -0.478 e. The van der Waals surface area contributed by atoms with Crippen LogP contribution in [-0.2, 0) is 4.74 Å². The maximum Gasteiger partial charge on any atom is 0.523 e. The summed E-state index contributed by atoms with van der Waals surface area (Å²) in [6, 6.07) is 5.15. The molecule has 0 aliphatic rings. The first-order valence-corrected chi connectivity index (χ1v) is 4.91. The van der Waals surface area contributed by atoms with Gasteiger partial charge >= 0.3 is 12.3 Å². The molecule has 0 amide bonds. The summed E-state index contributed by atoms with van der Waals surface area (Å²) in [5, 5.41) is 8.65. The topological polar surface area (TPSA) is 46.5 Å². The summed E-state index contributed by atoms with van der Waals surface area (Å²) >= 11 is 0. The lowest BCUT2D eigenvalue weighted by Crippen LogP contribution is -2.17. The smallest absolute Gasteiger partial charge is 0.478 e. The van der Waals surface area contributed by atoms with Gasteiger partial charge in [-0.3, -0.25) is 4.74 Å². The van der Waals surface area contributed by atoms with Crippen LogP contribution in [0, 0.1) is 0 Å². The summed E-state index contributed by atoms with van der Waals surface area (Å²) in [4.78, 5) is 10.6. The number of rotatable bonds is 4. The third-order valence-electron chi connectivity index (χ3n) is 2.18. The van der Waals surface area contributed by atoms with E-state index in [-0.39, 0.29) is 12.0 Å². The summed E-state index contributed by atoms with van der Waals surface area (Å²) in [5.41, 5.74) is 0.324.